The summed E-state index contributed by atoms with van der Waals surface area (Å²) in [5.41, 5.74) is 0.0988. The van der Waals surface area contributed by atoms with Crippen LogP contribution in [0, 0.1) is 0 Å². The Balaban J connectivity index is 1.45. The Labute approximate surface area is 116 Å². The van der Waals surface area contributed by atoms with E-state index in [-0.39, 0.29) is 5.60 Å². The maximum Gasteiger partial charge on any atom is 0.0741 e. The molecule has 0 aromatic rings. The Morgan fingerprint density at radius 1 is 1.00 bits per heavy atom. The van der Waals surface area contributed by atoms with Gasteiger partial charge in [-0.3, -0.25) is 0 Å². The first-order chi connectivity index (χ1) is 9.36. The number of hydrogen-bond donors (Lipinski definition) is 1. The van der Waals surface area contributed by atoms with Gasteiger partial charge < -0.3 is 19.5 Å². The maximum absolute atomic E-state index is 6.08. The molecule has 0 bridgehead atoms. The molecule has 3 aliphatic rings. The first-order valence-corrected chi connectivity index (χ1v) is 7.93. The van der Waals surface area contributed by atoms with E-state index in [4.69, 9.17) is 14.2 Å². The average molecular weight is 269 g/mol. The van der Waals surface area contributed by atoms with Crippen LogP contribution in [0.5, 0.6) is 0 Å². The minimum absolute atomic E-state index is 0.0988. The van der Waals surface area contributed by atoms with Crippen LogP contribution < -0.4 is 5.32 Å². The highest BCUT2D eigenvalue weighted by Crippen LogP contribution is 2.34. The molecule has 4 heteroatoms. The zero-order valence-corrected chi connectivity index (χ0v) is 11.9. The molecular weight excluding hydrogens is 242 g/mol. The number of hydrogen-bond acceptors (Lipinski definition) is 4. The summed E-state index contributed by atoms with van der Waals surface area (Å²) in [5.74, 6) is 0. The summed E-state index contributed by atoms with van der Waals surface area (Å²) < 4.78 is 17.3. The van der Waals surface area contributed by atoms with E-state index >= 15 is 0 Å². The van der Waals surface area contributed by atoms with Crippen molar-refractivity contribution in [2.45, 2.75) is 62.7 Å². The molecule has 1 N–H and O–H groups in total. The van der Waals surface area contributed by atoms with Crippen LogP contribution in [0.15, 0.2) is 0 Å². The molecule has 3 aliphatic heterocycles. The van der Waals surface area contributed by atoms with Gasteiger partial charge in [0.2, 0.25) is 0 Å². The van der Waals surface area contributed by atoms with Gasteiger partial charge in [-0.2, -0.15) is 0 Å². The van der Waals surface area contributed by atoms with Crippen molar-refractivity contribution in [2.75, 3.05) is 33.0 Å². The molecule has 0 aliphatic carbocycles. The first kappa shape index (κ1) is 13.8. The predicted octanol–water partition coefficient (Wildman–Crippen LogP) is 1.87. The van der Waals surface area contributed by atoms with Crippen LogP contribution >= 0.6 is 0 Å². The third-order valence-electron chi connectivity index (χ3n) is 4.81. The fourth-order valence-electron chi connectivity index (χ4n) is 3.56. The fraction of sp³-hybridized carbons (Fsp3) is 1.00. The molecule has 1 spiro atoms. The van der Waals surface area contributed by atoms with E-state index < -0.39 is 0 Å². The van der Waals surface area contributed by atoms with Gasteiger partial charge in [-0.15, -0.1) is 0 Å². The molecule has 3 fully saturated rings. The molecule has 2 unspecified atom stereocenters. The average Bonchev–Trinajstić information content (AvgIpc) is 2.47. The van der Waals surface area contributed by atoms with Gasteiger partial charge in [0.15, 0.2) is 0 Å². The molecule has 0 radical (unpaired) electrons. The lowest BCUT2D eigenvalue weighted by Crippen LogP contribution is -2.51. The summed E-state index contributed by atoms with van der Waals surface area (Å²) in [6, 6.07) is 0.595. The van der Waals surface area contributed by atoms with Crippen molar-refractivity contribution in [1.82, 2.24) is 5.32 Å². The minimum Gasteiger partial charge on any atom is -0.381 e. The van der Waals surface area contributed by atoms with Gasteiger partial charge in [-0.1, -0.05) is 0 Å². The third kappa shape index (κ3) is 3.69. The first-order valence-electron chi connectivity index (χ1n) is 7.93. The van der Waals surface area contributed by atoms with E-state index in [1.165, 1.54) is 19.3 Å². The molecule has 0 saturated carbocycles. The molecule has 0 aromatic heterocycles. The highest BCUT2D eigenvalue weighted by atomic mass is 16.5. The molecule has 3 rings (SSSR count). The SMILES string of the molecule is C1CCC(CNC2CCOC3(CCOCC3)C2)OC1. The largest absolute Gasteiger partial charge is 0.381 e. The third-order valence-corrected chi connectivity index (χ3v) is 4.81. The van der Waals surface area contributed by atoms with Gasteiger partial charge in [-0.25, -0.2) is 0 Å². The van der Waals surface area contributed by atoms with Crippen LogP contribution in [0.3, 0.4) is 0 Å². The van der Waals surface area contributed by atoms with Crippen molar-refractivity contribution >= 4 is 0 Å². The zero-order chi connectivity index (χ0) is 13.0. The van der Waals surface area contributed by atoms with Crippen LogP contribution in [-0.4, -0.2) is 50.7 Å². The van der Waals surface area contributed by atoms with E-state index in [0.29, 0.717) is 12.1 Å². The van der Waals surface area contributed by atoms with Crippen molar-refractivity contribution < 1.29 is 14.2 Å². The second kappa shape index (κ2) is 6.53. The highest BCUT2D eigenvalue weighted by molar-refractivity contribution is 4.91. The van der Waals surface area contributed by atoms with Gasteiger partial charge in [-0.05, 0) is 44.9 Å². The van der Waals surface area contributed by atoms with Crippen LogP contribution in [0.25, 0.3) is 0 Å². The van der Waals surface area contributed by atoms with Crippen molar-refractivity contribution in [1.29, 1.82) is 0 Å². The highest BCUT2D eigenvalue weighted by Gasteiger charge is 2.38. The molecule has 0 aromatic carbocycles. The van der Waals surface area contributed by atoms with E-state index in [1.807, 2.05) is 0 Å². The smallest absolute Gasteiger partial charge is 0.0741 e. The van der Waals surface area contributed by atoms with Gasteiger partial charge in [0.1, 0.15) is 0 Å². The van der Waals surface area contributed by atoms with Crippen LogP contribution in [0.2, 0.25) is 0 Å². The summed E-state index contributed by atoms with van der Waals surface area (Å²) in [5, 5.41) is 3.72. The number of nitrogens with one attached hydrogen (secondary N) is 1. The van der Waals surface area contributed by atoms with Crippen LogP contribution in [0.1, 0.15) is 44.9 Å². The molecule has 3 heterocycles. The summed E-state index contributed by atoms with van der Waals surface area (Å²) in [7, 11) is 0. The topological polar surface area (TPSA) is 39.7 Å². The Kier molecular flexibility index (Phi) is 4.74. The van der Waals surface area contributed by atoms with Crippen molar-refractivity contribution in [3.63, 3.8) is 0 Å². The molecule has 3 saturated heterocycles. The van der Waals surface area contributed by atoms with E-state index in [1.54, 1.807) is 0 Å². The molecular formula is C15H27NO3. The van der Waals surface area contributed by atoms with Gasteiger partial charge >= 0.3 is 0 Å². The number of rotatable bonds is 3. The van der Waals surface area contributed by atoms with E-state index in [2.05, 4.69) is 5.32 Å². The van der Waals surface area contributed by atoms with Gasteiger partial charge in [0, 0.05) is 39.0 Å². The minimum atomic E-state index is 0.0988. The maximum atomic E-state index is 6.08. The quantitative estimate of drug-likeness (QED) is 0.849. The lowest BCUT2D eigenvalue weighted by atomic mass is 9.84. The standard InChI is InChI=1S/C15H27NO3/c1-2-7-18-14(3-1)12-16-13-4-8-19-15(11-13)5-9-17-10-6-15/h13-14,16H,1-12H2. The summed E-state index contributed by atoms with van der Waals surface area (Å²) in [6.07, 6.45) is 8.60. The number of ether oxygens (including phenoxy) is 3. The predicted molar refractivity (Wildman–Crippen MR) is 73.4 cm³/mol. The van der Waals surface area contributed by atoms with Crippen molar-refractivity contribution in [3.8, 4) is 0 Å². The Morgan fingerprint density at radius 2 is 1.89 bits per heavy atom. The van der Waals surface area contributed by atoms with E-state index in [0.717, 1.165) is 58.7 Å². The summed E-state index contributed by atoms with van der Waals surface area (Å²) in [4.78, 5) is 0. The Morgan fingerprint density at radius 3 is 2.68 bits per heavy atom. The molecule has 110 valence electrons. The summed E-state index contributed by atoms with van der Waals surface area (Å²) in [6.45, 7) is 4.57. The van der Waals surface area contributed by atoms with E-state index in [9.17, 15) is 0 Å². The Hall–Kier alpha value is -0.160. The molecule has 0 amide bonds. The fourth-order valence-corrected chi connectivity index (χ4v) is 3.56. The summed E-state index contributed by atoms with van der Waals surface area (Å²) >= 11 is 0. The monoisotopic (exact) mass is 269 g/mol. The van der Waals surface area contributed by atoms with Crippen LogP contribution in [-0.2, 0) is 14.2 Å². The molecule has 19 heavy (non-hydrogen) atoms. The van der Waals surface area contributed by atoms with Crippen molar-refractivity contribution in [2.24, 2.45) is 0 Å². The van der Waals surface area contributed by atoms with Gasteiger partial charge in [0.25, 0.3) is 0 Å². The second-order valence-electron chi connectivity index (χ2n) is 6.23. The molecule has 4 nitrogen and oxygen atoms in total. The van der Waals surface area contributed by atoms with Gasteiger partial charge in [0.05, 0.1) is 11.7 Å². The second-order valence-corrected chi connectivity index (χ2v) is 6.23. The molecule has 2 atom stereocenters. The van der Waals surface area contributed by atoms with Crippen LogP contribution in [0.4, 0.5) is 0 Å². The lowest BCUT2D eigenvalue weighted by Gasteiger charge is -2.43. The van der Waals surface area contributed by atoms with Crippen molar-refractivity contribution in [3.05, 3.63) is 0 Å². The lowest BCUT2D eigenvalue weighted by molar-refractivity contribution is -0.141. The normalized spacial score (nSPS) is 35.4. The zero-order valence-electron chi connectivity index (χ0n) is 11.9. The Bertz CT molecular complexity index is 267.